The maximum Gasteiger partial charge on any atom is 0.313 e. The Morgan fingerprint density at radius 3 is 2.70 bits per heavy atom. The molecule has 20 heavy (non-hydrogen) atoms. The number of ketones is 1. The van der Waals surface area contributed by atoms with Crippen molar-refractivity contribution in [2.24, 2.45) is 5.92 Å². The van der Waals surface area contributed by atoms with Crippen LogP contribution in [0.1, 0.15) is 38.0 Å². The zero-order valence-corrected chi connectivity index (χ0v) is 12.9. The summed E-state index contributed by atoms with van der Waals surface area (Å²) >= 11 is 1.53. The van der Waals surface area contributed by atoms with Crippen molar-refractivity contribution >= 4 is 23.1 Å². The van der Waals surface area contributed by atoms with Gasteiger partial charge in [0.1, 0.15) is 12.2 Å². The first kappa shape index (κ1) is 16.8. The fourth-order valence-corrected chi connectivity index (χ4v) is 2.52. The van der Waals surface area contributed by atoms with Gasteiger partial charge >= 0.3 is 5.97 Å². The van der Waals surface area contributed by atoms with Crippen LogP contribution in [-0.4, -0.2) is 34.6 Å². The van der Waals surface area contributed by atoms with Gasteiger partial charge in [-0.05, 0) is 18.8 Å². The largest absolute Gasteiger partial charge is 0.469 e. The molecule has 0 spiro atoms. The lowest BCUT2D eigenvalue weighted by atomic mass is 9.81. The molecular formula is C14H21NO4S. The number of thiazole rings is 1. The highest BCUT2D eigenvalue weighted by atomic mass is 32.1. The van der Waals surface area contributed by atoms with Crippen molar-refractivity contribution < 1.29 is 19.4 Å². The van der Waals surface area contributed by atoms with Crippen molar-refractivity contribution in [1.82, 2.24) is 4.98 Å². The van der Waals surface area contributed by atoms with E-state index in [9.17, 15) is 14.7 Å². The summed E-state index contributed by atoms with van der Waals surface area (Å²) in [6, 6.07) is 0. The predicted octanol–water partition coefficient (Wildman–Crippen LogP) is 1.99. The van der Waals surface area contributed by atoms with Crippen LogP contribution in [0.4, 0.5) is 0 Å². The SMILES string of the molecule is COC(=O)CC(=O)CC(O)(CCc1cncs1)C(C)C. The molecule has 1 rings (SSSR count). The molecule has 0 bridgehead atoms. The van der Waals surface area contributed by atoms with Crippen LogP contribution in [-0.2, 0) is 20.7 Å². The molecular weight excluding hydrogens is 278 g/mol. The number of methoxy groups -OCH3 is 1. The Balaban J connectivity index is 2.61. The molecule has 0 saturated heterocycles. The van der Waals surface area contributed by atoms with Crippen LogP contribution < -0.4 is 0 Å². The van der Waals surface area contributed by atoms with Gasteiger partial charge in [0.15, 0.2) is 0 Å². The summed E-state index contributed by atoms with van der Waals surface area (Å²) in [5.74, 6) is -0.932. The number of carbonyl (C=O) groups is 2. The third kappa shape index (κ3) is 5.02. The minimum absolute atomic E-state index is 0.0292. The van der Waals surface area contributed by atoms with E-state index >= 15 is 0 Å². The molecule has 0 aromatic carbocycles. The maximum atomic E-state index is 11.8. The van der Waals surface area contributed by atoms with Gasteiger partial charge in [-0.3, -0.25) is 14.6 Å². The number of carbonyl (C=O) groups excluding carboxylic acids is 2. The van der Waals surface area contributed by atoms with Crippen molar-refractivity contribution in [2.75, 3.05) is 7.11 Å². The molecule has 1 unspecified atom stereocenters. The molecule has 0 aliphatic carbocycles. The van der Waals surface area contributed by atoms with E-state index in [4.69, 9.17) is 0 Å². The number of aliphatic hydroxyl groups is 1. The Kier molecular flexibility index (Phi) is 6.29. The number of esters is 1. The monoisotopic (exact) mass is 299 g/mol. The quantitative estimate of drug-likeness (QED) is 0.587. The molecule has 1 heterocycles. The zero-order chi connectivity index (χ0) is 15.2. The fraction of sp³-hybridized carbons (Fsp3) is 0.643. The number of Topliss-reactive ketones (excluding diaryl/α,β-unsaturated/α-hetero) is 1. The molecule has 6 heteroatoms. The van der Waals surface area contributed by atoms with Crippen molar-refractivity contribution in [2.45, 2.75) is 45.1 Å². The highest BCUT2D eigenvalue weighted by Gasteiger charge is 2.33. The molecule has 0 radical (unpaired) electrons. The zero-order valence-electron chi connectivity index (χ0n) is 12.1. The van der Waals surface area contributed by atoms with E-state index < -0.39 is 11.6 Å². The lowest BCUT2D eigenvalue weighted by Gasteiger charge is -2.31. The Hall–Kier alpha value is -1.27. The van der Waals surface area contributed by atoms with E-state index in [0.29, 0.717) is 12.8 Å². The highest BCUT2D eigenvalue weighted by Crippen LogP contribution is 2.28. The normalized spacial score (nSPS) is 14.1. The standard InChI is InChI=1S/C14H21NO4S/c1-10(2)14(18,5-4-12-8-15-9-20-12)7-11(16)6-13(17)19-3/h8-10,18H,4-7H2,1-3H3. The number of nitrogens with zero attached hydrogens (tertiary/aromatic N) is 1. The summed E-state index contributed by atoms with van der Waals surface area (Å²) in [6.07, 6.45) is 2.59. The number of aryl methyl sites for hydroxylation is 1. The first-order valence-corrected chi connectivity index (χ1v) is 7.43. The minimum Gasteiger partial charge on any atom is -0.469 e. The van der Waals surface area contributed by atoms with E-state index in [1.165, 1.54) is 18.4 Å². The minimum atomic E-state index is -1.10. The number of hydrogen-bond donors (Lipinski definition) is 1. The second-order valence-corrected chi connectivity index (χ2v) is 6.17. The molecule has 5 nitrogen and oxygen atoms in total. The lowest BCUT2D eigenvalue weighted by Crippen LogP contribution is -2.38. The Morgan fingerprint density at radius 2 is 2.20 bits per heavy atom. The van der Waals surface area contributed by atoms with Gasteiger partial charge in [-0.25, -0.2) is 0 Å². The summed E-state index contributed by atoms with van der Waals surface area (Å²) in [5.41, 5.74) is 0.640. The van der Waals surface area contributed by atoms with E-state index in [0.717, 1.165) is 4.88 Å². The second kappa shape index (κ2) is 7.50. The van der Waals surface area contributed by atoms with Crippen LogP contribution in [0.5, 0.6) is 0 Å². The topological polar surface area (TPSA) is 76.5 Å². The van der Waals surface area contributed by atoms with Gasteiger partial charge in [0.05, 0.1) is 18.2 Å². The van der Waals surface area contributed by atoms with E-state index in [-0.39, 0.29) is 24.5 Å². The Morgan fingerprint density at radius 1 is 1.50 bits per heavy atom. The maximum absolute atomic E-state index is 11.8. The van der Waals surface area contributed by atoms with Gasteiger partial charge in [0.2, 0.25) is 0 Å². The predicted molar refractivity (Wildman–Crippen MR) is 76.5 cm³/mol. The van der Waals surface area contributed by atoms with Gasteiger partial charge in [0, 0.05) is 17.5 Å². The van der Waals surface area contributed by atoms with E-state index in [1.807, 2.05) is 13.8 Å². The summed E-state index contributed by atoms with van der Waals surface area (Å²) in [5, 5.41) is 10.7. The third-order valence-corrected chi connectivity index (χ3v) is 4.27. The van der Waals surface area contributed by atoms with E-state index in [1.54, 1.807) is 11.7 Å². The molecule has 0 aliphatic rings. The van der Waals surface area contributed by atoms with Crippen molar-refractivity contribution in [1.29, 1.82) is 0 Å². The average Bonchev–Trinajstić information content (AvgIpc) is 2.89. The summed E-state index contributed by atoms with van der Waals surface area (Å²) in [4.78, 5) is 28.0. The summed E-state index contributed by atoms with van der Waals surface area (Å²) in [6.45, 7) is 3.75. The van der Waals surface area contributed by atoms with Crippen LogP contribution in [0.25, 0.3) is 0 Å². The van der Waals surface area contributed by atoms with Crippen LogP contribution in [0.15, 0.2) is 11.7 Å². The van der Waals surface area contributed by atoms with Gasteiger partial charge in [-0.2, -0.15) is 0 Å². The number of ether oxygens (including phenoxy) is 1. The van der Waals surface area contributed by atoms with Crippen LogP contribution in [0.2, 0.25) is 0 Å². The lowest BCUT2D eigenvalue weighted by molar-refractivity contribution is -0.144. The van der Waals surface area contributed by atoms with E-state index in [2.05, 4.69) is 9.72 Å². The van der Waals surface area contributed by atoms with Gasteiger partial charge in [-0.15, -0.1) is 11.3 Å². The van der Waals surface area contributed by atoms with Gasteiger partial charge in [-0.1, -0.05) is 13.8 Å². The van der Waals surface area contributed by atoms with Crippen molar-refractivity contribution in [3.8, 4) is 0 Å². The molecule has 1 atom stereocenters. The average molecular weight is 299 g/mol. The van der Waals surface area contributed by atoms with Gasteiger partial charge in [0.25, 0.3) is 0 Å². The fourth-order valence-electron chi connectivity index (χ4n) is 1.92. The first-order valence-electron chi connectivity index (χ1n) is 6.55. The Bertz CT molecular complexity index is 444. The van der Waals surface area contributed by atoms with Crippen molar-refractivity contribution in [3.63, 3.8) is 0 Å². The molecule has 1 N–H and O–H groups in total. The smallest absolute Gasteiger partial charge is 0.313 e. The molecule has 0 amide bonds. The molecule has 112 valence electrons. The van der Waals surface area contributed by atoms with Crippen molar-refractivity contribution in [3.05, 3.63) is 16.6 Å². The molecule has 1 aromatic heterocycles. The third-order valence-electron chi connectivity index (χ3n) is 3.43. The van der Waals surface area contributed by atoms with Crippen LogP contribution in [0, 0.1) is 5.92 Å². The summed E-state index contributed by atoms with van der Waals surface area (Å²) < 4.78 is 4.47. The first-order chi connectivity index (χ1) is 9.37. The van der Waals surface area contributed by atoms with Gasteiger partial charge < -0.3 is 9.84 Å². The number of hydrogen-bond acceptors (Lipinski definition) is 6. The second-order valence-electron chi connectivity index (χ2n) is 5.19. The van der Waals surface area contributed by atoms with Crippen LogP contribution in [0.3, 0.4) is 0 Å². The Labute approximate surface area is 123 Å². The number of aromatic nitrogens is 1. The van der Waals surface area contributed by atoms with Crippen LogP contribution >= 0.6 is 11.3 Å². The molecule has 0 aliphatic heterocycles. The molecule has 0 saturated carbocycles. The molecule has 1 aromatic rings. The highest BCUT2D eigenvalue weighted by molar-refractivity contribution is 7.09. The molecule has 0 fully saturated rings. The number of rotatable bonds is 8. The summed E-state index contributed by atoms with van der Waals surface area (Å²) in [7, 11) is 1.24.